The number of rotatable bonds is 3. The van der Waals surface area contributed by atoms with E-state index in [-0.39, 0.29) is 0 Å². The lowest BCUT2D eigenvalue weighted by Gasteiger charge is -2.07. The Morgan fingerprint density at radius 2 is 2.27 bits per heavy atom. The van der Waals surface area contributed by atoms with Crippen LogP contribution >= 0.6 is 0 Å². The first-order valence-electron chi connectivity index (χ1n) is 5.00. The van der Waals surface area contributed by atoms with E-state index in [1.807, 2.05) is 30.1 Å². The maximum atomic E-state index is 4.19. The van der Waals surface area contributed by atoms with E-state index in [1.165, 1.54) is 0 Å². The molecular weight excluding hydrogens is 188 g/mol. The summed E-state index contributed by atoms with van der Waals surface area (Å²) in [7, 11) is 0. The largest absolute Gasteiger partial charge is 0.384 e. The summed E-state index contributed by atoms with van der Waals surface area (Å²) >= 11 is 0. The molecule has 0 unspecified atom stereocenters. The Balaban J connectivity index is 2.37. The van der Waals surface area contributed by atoms with E-state index >= 15 is 0 Å². The molecule has 4 nitrogen and oxygen atoms in total. The average Bonchev–Trinajstić information content (AvgIpc) is 2.65. The summed E-state index contributed by atoms with van der Waals surface area (Å²) in [5.74, 6) is 0.963. The fraction of sp³-hybridized carbons (Fsp3) is 0.273. The second kappa shape index (κ2) is 4.13. The molecule has 0 amide bonds. The van der Waals surface area contributed by atoms with Crippen LogP contribution in [0.3, 0.4) is 0 Å². The molecule has 2 aromatic heterocycles. The molecule has 2 heterocycles. The van der Waals surface area contributed by atoms with Gasteiger partial charge in [0.15, 0.2) is 0 Å². The highest BCUT2D eigenvalue weighted by Crippen LogP contribution is 2.13. The summed E-state index contributed by atoms with van der Waals surface area (Å²) < 4.78 is 2.01. The second-order valence-electron chi connectivity index (χ2n) is 3.31. The quantitative estimate of drug-likeness (QED) is 0.827. The van der Waals surface area contributed by atoms with Crippen LogP contribution in [0.4, 0.5) is 5.69 Å². The molecule has 1 N–H and O–H groups in total. The van der Waals surface area contributed by atoms with Crippen molar-refractivity contribution in [1.29, 1.82) is 0 Å². The maximum absolute atomic E-state index is 4.19. The molecule has 0 saturated heterocycles. The number of aromatic nitrogens is 3. The Hall–Kier alpha value is -1.84. The highest BCUT2D eigenvalue weighted by Gasteiger charge is 2.01. The Labute approximate surface area is 89.0 Å². The number of nitrogens with zero attached hydrogens (tertiary/aromatic N) is 3. The van der Waals surface area contributed by atoms with E-state index in [0.717, 1.165) is 23.7 Å². The first kappa shape index (κ1) is 9.71. The zero-order valence-electron chi connectivity index (χ0n) is 8.94. The van der Waals surface area contributed by atoms with Gasteiger partial charge in [0.05, 0.1) is 23.8 Å². The molecule has 0 bridgehead atoms. The first-order valence-corrected chi connectivity index (χ1v) is 5.00. The highest BCUT2D eigenvalue weighted by atomic mass is 15.1. The number of anilines is 1. The summed E-state index contributed by atoms with van der Waals surface area (Å²) in [5, 5.41) is 3.23. The normalized spacial score (nSPS) is 10.3. The zero-order valence-corrected chi connectivity index (χ0v) is 8.94. The molecule has 0 radical (unpaired) electrons. The van der Waals surface area contributed by atoms with Crippen molar-refractivity contribution in [2.45, 2.75) is 13.8 Å². The van der Waals surface area contributed by atoms with Gasteiger partial charge in [-0.05, 0) is 19.9 Å². The Bertz CT molecular complexity index is 447. The van der Waals surface area contributed by atoms with Crippen molar-refractivity contribution in [1.82, 2.24) is 14.5 Å². The monoisotopic (exact) mass is 202 g/mol. The van der Waals surface area contributed by atoms with Crippen LogP contribution in [-0.4, -0.2) is 21.1 Å². The van der Waals surface area contributed by atoms with Crippen molar-refractivity contribution in [2.75, 3.05) is 11.9 Å². The van der Waals surface area contributed by atoms with Crippen molar-refractivity contribution in [3.63, 3.8) is 0 Å². The maximum Gasteiger partial charge on any atom is 0.110 e. The van der Waals surface area contributed by atoms with Crippen molar-refractivity contribution >= 4 is 5.69 Å². The number of aryl methyl sites for hydroxylation is 1. The van der Waals surface area contributed by atoms with Crippen molar-refractivity contribution < 1.29 is 0 Å². The van der Waals surface area contributed by atoms with Crippen molar-refractivity contribution in [3.05, 3.63) is 36.7 Å². The van der Waals surface area contributed by atoms with Gasteiger partial charge in [-0.25, -0.2) is 4.98 Å². The molecule has 15 heavy (non-hydrogen) atoms. The molecule has 0 aliphatic heterocycles. The molecule has 0 spiro atoms. The van der Waals surface area contributed by atoms with Crippen molar-refractivity contribution in [2.24, 2.45) is 0 Å². The predicted molar refractivity (Wildman–Crippen MR) is 60.3 cm³/mol. The molecule has 0 saturated carbocycles. The number of hydrogen-bond acceptors (Lipinski definition) is 3. The van der Waals surface area contributed by atoms with E-state index < -0.39 is 0 Å². The van der Waals surface area contributed by atoms with Gasteiger partial charge in [0.2, 0.25) is 0 Å². The van der Waals surface area contributed by atoms with Crippen LogP contribution < -0.4 is 5.32 Å². The van der Waals surface area contributed by atoms with Crippen LogP contribution in [0.1, 0.15) is 12.7 Å². The molecule has 0 aliphatic rings. The minimum Gasteiger partial charge on any atom is -0.384 e. The van der Waals surface area contributed by atoms with Crippen LogP contribution in [0.25, 0.3) is 5.69 Å². The van der Waals surface area contributed by atoms with Gasteiger partial charge in [-0.2, -0.15) is 0 Å². The van der Waals surface area contributed by atoms with E-state index in [2.05, 4.69) is 28.3 Å². The molecule has 4 heteroatoms. The fourth-order valence-corrected chi connectivity index (χ4v) is 1.51. The molecular formula is C11H14N4. The van der Waals surface area contributed by atoms with Gasteiger partial charge in [0.1, 0.15) is 5.82 Å². The fourth-order valence-electron chi connectivity index (χ4n) is 1.51. The standard InChI is InChI=1S/C11H14N4/c1-3-13-10-6-11(8-12-7-10)15-5-4-14-9(15)2/h4-8,13H,3H2,1-2H3. The summed E-state index contributed by atoms with van der Waals surface area (Å²) in [4.78, 5) is 8.37. The SMILES string of the molecule is CCNc1cncc(-n2ccnc2C)c1. The van der Waals surface area contributed by atoms with Gasteiger partial charge in [-0.3, -0.25) is 4.98 Å². The molecule has 2 aromatic rings. The van der Waals surface area contributed by atoms with Crippen LogP contribution in [0, 0.1) is 6.92 Å². The lowest BCUT2D eigenvalue weighted by atomic mass is 10.3. The lowest BCUT2D eigenvalue weighted by Crippen LogP contribution is -2.00. The summed E-state index contributed by atoms with van der Waals surface area (Å²) in [6, 6.07) is 2.06. The van der Waals surface area contributed by atoms with Gasteiger partial charge in [-0.1, -0.05) is 0 Å². The van der Waals surface area contributed by atoms with Crippen molar-refractivity contribution in [3.8, 4) is 5.69 Å². The molecule has 0 aromatic carbocycles. The van der Waals surface area contributed by atoms with E-state index in [4.69, 9.17) is 0 Å². The third-order valence-electron chi connectivity index (χ3n) is 2.21. The molecule has 0 fully saturated rings. The average molecular weight is 202 g/mol. The minimum atomic E-state index is 0.897. The highest BCUT2D eigenvalue weighted by molar-refractivity contribution is 5.48. The van der Waals surface area contributed by atoms with E-state index in [0.29, 0.717) is 0 Å². The third kappa shape index (κ3) is 1.98. The predicted octanol–water partition coefficient (Wildman–Crippen LogP) is 2.01. The number of imidazole rings is 1. The Morgan fingerprint density at radius 3 is 2.93 bits per heavy atom. The zero-order chi connectivity index (χ0) is 10.7. The van der Waals surface area contributed by atoms with Gasteiger partial charge < -0.3 is 9.88 Å². The number of hydrogen-bond donors (Lipinski definition) is 1. The van der Waals surface area contributed by atoms with Crippen LogP contribution in [0.15, 0.2) is 30.9 Å². The van der Waals surface area contributed by atoms with Gasteiger partial charge >= 0.3 is 0 Å². The number of nitrogens with one attached hydrogen (secondary N) is 1. The third-order valence-corrected chi connectivity index (χ3v) is 2.21. The smallest absolute Gasteiger partial charge is 0.110 e. The first-order chi connectivity index (χ1) is 7.31. The molecule has 0 aliphatic carbocycles. The number of pyridine rings is 1. The van der Waals surface area contributed by atoms with Gasteiger partial charge in [0, 0.05) is 18.9 Å². The van der Waals surface area contributed by atoms with Crippen LogP contribution in [-0.2, 0) is 0 Å². The minimum absolute atomic E-state index is 0.897. The second-order valence-corrected chi connectivity index (χ2v) is 3.31. The Kier molecular flexibility index (Phi) is 2.67. The molecule has 78 valence electrons. The van der Waals surface area contributed by atoms with Gasteiger partial charge in [-0.15, -0.1) is 0 Å². The van der Waals surface area contributed by atoms with E-state index in [1.54, 1.807) is 6.20 Å². The summed E-state index contributed by atoms with van der Waals surface area (Å²) in [6.45, 7) is 4.93. The molecule has 2 rings (SSSR count). The van der Waals surface area contributed by atoms with E-state index in [9.17, 15) is 0 Å². The van der Waals surface area contributed by atoms with Crippen LogP contribution in [0.2, 0.25) is 0 Å². The summed E-state index contributed by atoms with van der Waals surface area (Å²) in [6.07, 6.45) is 7.37. The molecule has 0 atom stereocenters. The Morgan fingerprint density at radius 1 is 1.40 bits per heavy atom. The topological polar surface area (TPSA) is 42.7 Å². The summed E-state index contributed by atoms with van der Waals surface area (Å²) in [5.41, 5.74) is 2.06. The van der Waals surface area contributed by atoms with Gasteiger partial charge in [0.25, 0.3) is 0 Å². The lowest BCUT2D eigenvalue weighted by molar-refractivity contribution is 0.964. The van der Waals surface area contributed by atoms with Crippen LogP contribution in [0.5, 0.6) is 0 Å².